The third-order valence-corrected chi connectivity index (χ3v) is 2.95. The molecule has 84 valence electrons. The van der Waals surface area contributed by atoms with E-state index in [0.717, 1.165) is 0 Å². The van der Waals surface area contributed by atoms with Gasteiger partial charge in [-0.2, -0.15) is 0 Å². The molecule has 1 aromatic rings. The predicted octanol–water partition coefficient (Wildman–Crippen LogP) is 4.50. The molecule has 0 unspecified atom stereocenters. The van der Waals surface area contributed by atoms with Crippen LogP contribution in [0.5, 0.6) is 0 Å². The summed E-state index contributed by atoms with van der Waals surface area (Å²) in [5.41, 5.74) is 5.10. The lowest BCUT2D eigenvalue weighted by atomic mass is 9.83. The van der Waals surface area contributed by atoms with Crippen LogP contribution in [-0.4, -0.2) is 0 Å². The van der Waals surface area contributed by atoms with E-state index in [1.807, 2.05) is 13.8 Å². The van der Waals surface area contributed by atoms with E-state index >= 15 is 0 Å². The van der Waals surface area contributed by atoms with Gasteiger partial charge in [0.1, 0.15) is 0 Å². The monoisotopic (exact) mass is 204 g/mol. The van der Waals surface area contributed by atoms with Crippen LogP contribution in [0.3, 0.4) is 0 Å². The van der Waals surface area contributed by atoms with Gasteiger partial charge in [0.25, 0.3) is 0 Å². The fraction of sp³-hybridized carbons (Fsp3) is 0.600. The zero-order valence-electron chi connectivity index (χ0n) is 10.9. The summed E-state index contributed by atoms with van der Waals surface area (Å²) in [6.45, 7) is 10.9. The number of hydrogen-bond donors (Lipinski definition) is 0. The van der Waals surface area contributed by atoms with Gasteiger partial charge in [0.15, 0.2) is 0 Å². The molecule has 0 heterocycles. The zero-order valence-corrected chi connectivity index (χ0v) is 10.9. The molecule has 0 radical (unpaired) electrons. The molecule has 0 bridgehead atoms. The average Bonchev–Trinajstić information content (AvgIpc) is 2.66. The van der Waals surface area contributed by atoms with Crippen molar-refractivity contribution in [1.29, 1.82) is 0 Å². The first-order valence-electron chi connectivity index (χ1n) is 6.20. The Morgan fingerprint density at radius 1 is 1.00 bits per heavy atom. The first kappa shape index (κ1) is 12.3. The Balaban J connectivity index is 0.000000531. The normalized spacial score (nSPS) is 14.2. The Morgan fingerprint density at radius 2 is 1.67 bits per heavy atom. The standard InChI is InChI=1S/C13H18.C2H6/c1-13(2,3)12-9-5-7-10-6-4-8-11(10)12;1-2/h5,7,9H,4,6,8H2,1-3H3;1-2H3. The third kappa shape index (κ3) is 2.62. The molecule has 0 spiro atoms. The Labute approximate surface area is 94.7 Å². The van der Waals surface area contributed by atoms with Crippen LogP contribution in [0.4, 0.5) is 0 Å². The highest BCUT2D eigenvalue weighted by atomic mass is 14.3. The van der Waals surface area contributed by atoms with Crippen molar-refractivity contribution < 1.29 is 0 Å². The minimum atomic E-state index is 0.315. The van der Waals surface area contributed by atoms with Crippen LogP contribution in [0.15, 0.2) is 18.2 Å². The van der Waals surface area contributed by atoms with E-state index in [2.05, 4.69) is 39.0 Å². The Kier molecular flexibility index (Phi) is 3.96. The van der Waals surface area contributed by atoms with Gasteiger partial charge >= 0.3 is 0 Å². The molecule has 0 aliphatic heterocycles. The van der Waals surface area contributed by atoms with Crippen molar-refractivity contribution in [3.05, 3.63) is 34.9 Å². The maximum absolute atomic E-state index is 2.31. The summed E-state index contributed by atoms with van der Waals surface area (Å²) in [5, 5.41) is 0. The van der Waals surface area contributed by atoms with E-state index in [1.54, 1.807) is 16.7 Å². The summed E-state index contributed by atoms with van der Waals surface area (Å²) >= 11 is 0. The Morgan fingerprint density at radius 3 is 2.27 bits per heavy atom. The number of aryl methyl sites for hydroxylation is 1. The van der Waals surface area contributed by atoms with Crippen LogP contribution in [0.1, 0.15) is 57.7 Å². The Hall–Kier alpha value is -0.780. The summed E-state index contributed by atoms with van der Waals surface area (Å²) in [4.78, 5) is 0. The SMILES string of the molecule is CC.CC(C)(C)c1cccc2c1CCC2. The van der Waals surface area contributed by atoms with Gasteiger partial charge in [-0.25, -0.2) is 0 Å². The van der Waals surface area contributed by atoms with Crippen LogP contribution >= 0.6 is 0 Å². The van der Waals surface area contributed by atoms with Crippen molar-refractivity contribution in [3.8, 4) is 0 Å². The number of hydrogen-bond acceptors (Lipinski definition) is 0. The molecular formula is C15H24. The first-order valence-corrected chi connectivity index (χ1v) is 6.20. The van der Waals surface area contributed by atoms with Crippen molar-refractivity contribution in [3.63, 3.8) is 0 Å². The summed E-state index contributed by atoms with van der Waals surface area (Å²) < 4.78 is 0. The molecule has 0 fully saturated rings. The van der Waals surface area contributed by atoms with Gasteiger partial charge in [-0.05, 0) is 41.4 Å². The number of benzene rings is 1. The van der Waals surface area contributed by atoms with Gasteiger partial charge in [-0.15, -0.1) is 0 Å². The molecular weight excluding hydrogens is 180 g/mol. The van der Waals surface area contributed by atoms with Crippen LogP contribution in [0.25, 0.3) is 0 Å². The topological polar surface area (TPSA) is 0 Å². The molecule has 1 aliphatic carbocycles. The highest BCUT2D eigenvalue weighted by Gasteiger charge is 2.21. The lowest BCUT2D eigenvalue weighted by molar-refractivity contribution is 0.583. The third-order valence-electron chi connectivity index (χ3n) is 2.95. The molecule has 2 rings (SSSR count). The van der Waals surface area contributed by atoms with E-state index in [0.29, 0.717) is 5.41 Å². The lowest BCUT2D eigenvalue weighted by Crippen LogP contribution is -2.13. The largest absolute Gasteiger partial charge is 0.0683 e. The van der Waals surface area contributed by atoms with Gasteiger partial charge in [0, 0.05) is 0 Å². The lowest BCUT2D eigenvalue weighted by Gasteiger charge is -2.22. The van der Waals surface area contributed by atoms with Crippen molar-refractivity contribution in [2.24, 2.45) is 0 Å². The van der Waals surface area contributed by atoms with Gasteiger partial charge in [0.2, 0.25) is 0 Å². The summed E-state index contributed by atoms with van der Waals surface area (Å²) in [7, 11) is 0. The second-order valence-electron chi connectivity index (χ2n) is 5.05. The molecule has 0 aromatic heterocycles. The van der Waals surface area contributed by atoms with Crippen molar-refractivity contribution in [1.82, 2.24) is 0 Å². The zero-order chi connectivity index (χ0) is 11.5. The van der Waals surface area contributed by atoms with Gasteiger partial charge in [-0.1, -0.05) is 52.8 Å². The van der Waals surface area contributed by atoms with E-state index in [4.69, 9.17) is 0 Å². The molecule has 0 atom stereocenters. The second-order valence-corrected chi connectivity index (χ2v) is 5.05. The molecule has 0 saturated carbocycles. The van der Waals surface area contributed by atoms with E-state index in [-0.39, 0.29) is 0 Å². The highest BCUT2D eigenvalue weighted by Crippen LogP contribution is 2.32. The van der Waals surface area contributed by atoms with Crippen LogP contribution in [0.2, 0.25) is 0 Å². The molecule has 1 aliphatic rings. The van der Waals surface area contributed by atoms with Gasteiger partial charge in [-0.3, -0.25) is 0 Å². The summed E-state index contributed by atoms with van der Waals surface area (Å²) in [5.74, 6) is 0. The number of rotatable bonds is 0. The fourth-order valence-electron chi connectivity index (χ4n) is 2.32. The molecule has 0 saturated heterocycles. The van der Waals surface area contributed by atoms with Crippen molar-refractivity contribution >= 4 is 0 Å². The first-order chi connectivity index (χ1) is 7.09. The van der Waals surface area contributed by atoms with Crippen LogP contribution in [0, 0.1) is 0 Å². The van der Waals surface area contributed by atoms with Crippen LogP contribution < -0.4 is 0 Å². The summed E-state index contributed by atoms with van der Waals surface area (Å²) in [6.07, 6.45) is 3.93. The van der Waals surface area contributed by atoms with Gasteiger partial charge < -0.3 is 0 Å². The summed E-state index contributed by atoms with van der Waals surface area (Å²) in [6, 6.07) is 6.80. The van der Waals surface area contributed by atoms with E-state index < -0.39 is 0 Å². The van der Waals surface area contributed by atoms with Crippen molar-refractivity contribution in [2.45, 2.75) is 59.3 Å². The Bertz CT molecular complexity index is 315. The van der Waals surface area contributed by atoms with E-state index in [1.165, 1.54) is 19.3 Å². The minimum absolute atomic E-state index is 0.315. The van der Waals surface area contributed by atoms with Gasteiger partial charge in [0.05, 0.1) is 0 Å². The average molecular weight is 204 g/mol. The minimum Gasteiger partial charge on any atom is -0.0683 e. The highest BCUT2D eigenvalue weighted by molar-refractivity contribution is 5.41. The predicted molar refractivity (Wildman–Crippen MR) is 68.5 cm³/mol. The molecule has 0 nitrogen and oxygen atoms in total. The molecule has 0 heteroatoms. The van der Waals surface area contributed by atoms with E-state index in [9.17, 15) is 0 Å². The quantitative estimate of drug-likeness (QED) is 0.583. The number of fused-ring (bicyclic) bond motifs is 1. The smallest absolute Gasteiger partial charge is 0.0129 e. The second kappa shape index (κ2) is 4.83. The van der Waals surface area contributed by atoms with Crippen molar-refractivity contribution in [2.75, 3.05) is 0 Å². The molecule has 15 heavy (non-hydrogen) atoms. The molecule has 0 amide bonds. The fourth-order valence-corrected chi connectivity index (χ4v) is 2.32. The molecule has 1 aromatic carbocycles. The maximum Gasteiger partial charge on any atom is -0.0129 e. The van der Waals surface area contributed by atoms with Crippen LogP contribution in [-0.2, 0) is 18.3 Å². The maximum atomic E-state index is 2.31. The molecule has 0 N–H and O–H groups in total.